The Bertz CT molecular complexity index is 390. The first kappa shape index (κ1) is 13.9. The molecule has 0 amide bonds. The molecule has 18 heavy (non-hydrogen) atoms. The van der Waals surface area contributed by atoms with Crippen LogP contribution in [0.5, 0.6) is 0 Å². The van der Waals surface area contributed by atoms with Crippen molar-refractivity contribution in [1.82, 2.24) is 4.90 Å². The van der Waals surface area contributed by atoms with Gasteiger partial charge >= 0.3 is 0 Å². The first-order chi connectivity index (χ1) is 8.65. The first-order valence-corrected chi connectivity index (χ1v) is 7.82. The quantitative estimate of drug-likeness (QED) is 0.886. The minimum absolute atomic E-state index is 0.259. The number of fused-ring (bicyclic) bond motifs is 1. The van der Waals surface area contributed by atoms with Crippen LogP contribution in [0.4, 0.5) is 0 Å². The van der Waals surface area contributed by atoms with E-state index in [1.54, 1.807) is 5.56 Å². The van der Waals surface area contributed by atoms with E-state index in [4.69, 9.17) is 5.73 Å². The number of rotatable bonds is 5. The molecule has 0 radical (unpaired) electrons. The second kappa shape index (κ2) is 6.60. The van der Waals surface area contributed by atoms with Gasteiger partial charge in [-0.1, -0.05) is 12.1 Å². The average molecular weight is 264 g/mol. The molecular formula is C15H24N2S. The van der Waals surface area contributed by atoms with Gasteiger partial charge in [-0.25, -0.2) is 0 Å². The van der Waals surface area contributed by atoms with Crippen LogP contribution >= 0.6 is 11.8 Å². The van der Waals surface area contributed by atoms with Crippen molar-refractivity contribution < 1.29 is 0 Å². The average Bonchev–Trinajstić information content (AvgIpc) is 2.35. The molecule has 1 unspecified atom stereocenters. The maximum Gasteiger partial charge on any atom is 0.0139 e. The van der Waals surface area contributed by atoms with Gasteiger partial charge in [0.1, 0.15) is 0 Å². The lowest BCUT2D eigenvalue weighted by atomic mass is 10.0. The van der Waals surface area contributed by atoms with E-state index in [-0.39, 0.29) is 6.04 Å². The van der Waals surface area contributed by atoms with Crippen LogP contribution in [-0.2, 0) is 12.8 Å². The number of nitrogens with two attached hydrogens (primary N) is 1. The molecule has 0 aromatic heterocycles. The van der Waals surface area contributed by atoms with Crippen molar-refractivity contribution in [1.29, 1.82) is 0 Å². The first-order valence-electron chi connectivity index (χ1n) is 6.84. The Morgan fingerprint density at radius 3 is 3.06 bits per heavy atom. The Morgan fingerprint density at radius 1 is 1.44 bits per heavy atom. The summed E-state index contributed by atoms with van der Waals surface area (Å²) in [7, 11) is 2.15. The Labute approximate surface area is 115 Å². The highest BCUT2D eigenvalue weighted by Crippen LogP contribution is 2.30. The molecule has 0 aliphatic carbocycles. The van der Waals surface area contributed by atoms with Gasteiger partial charge in [-0.3, -0.25) is 0 Å². The maximum absolute atomic E-state index is 5.81. The number of thioether (sulfide) groups is 1. The van der Waals surface area contributed by atoms with Crippen molar-refractivity contribution in [3.05, 3.63) is 29.3 Å². The molecule has 1 aliphatic heterocycles. The van der Waals surface area contributed by atoms with Crippen molar-refractivity contribution >= 4 is 11.8 Å². The summed E-state index contributed by atoms with van der Waals surface area (Å²) in [5, 5.41) is 0. The highest BCUT2D eigenvalue weighted by Gasteiger charge is 2.10. The summed E-state index contributed by atoms with van der Waals surface area (Å²) in [4.78, 5) is 3.81. The summed E-state index contributed by atoms with van der Waals surface area (Å²) in [6, 6.07) is 7.26. The van der Waals surface area contributed by atoms with Crippen molar-refractivity contribution in [2.75, 3.05) is 25.9 Å². The molecule has 1 aromatic carbocycles. The molecule has 0 bridgehead atoms. The third kappa shape index (κ3) is 4.01. The largest absolute Gasteiger partial charge is 0.327 e. The van der Waals surface area contributed by atoms with Gasteiger partial charge in [0.2, 0.25) is 0 Å². The third-order valence-corrected chi connectivity index (χ3v) is 4.56. The molecule has 1 aliphatic rings. The lowest BCUT2D eigenvalue weighted by Crippen LogP contribution is -2.34. The fourth-order valence-electron chi connectivity index (χ4n) is 2.47. The van der Waals surface area contributed by atoms with Crippen molar-refractivity contribution in [2.45, 2.75) is 37.1 Å². The fraction of sp³-hybridized carbons (Fsp3) is 0.600. The molecule has 1 atom stereocenters. The SMILES string of the molecule is CC(N)CN(C)CCc1ccc2c(c1)CCCS2. The van der Waals surface area contributed by atoms with Crippen LogP contribution in [0.15, 0.2) is 23.1 Å². The van der Waals surface area contributed by atoms with E-state index in [0.29, 0.717) is 0 Å². The van der Waals surface area contributed by atoms with Gasteiger partial charge in [0.25, 0.3) is 0 Å². The van der Waals surface area contributed by atoms with Gasteiger partial charge in [0.05, 0.1) is 0 Å². The number of benzene rings is 1. The van der Waals surface area contributed by atoms with Crippen LogP contribution in [0, 0.1) is 0 Å². The molecule has 0 spiro atoms. The van der Waals surface area contributed by atoms with Gasteiger partial charge in [0.15, 0.2) is 0 Å². The number of likely N-dealkylation sites (N-methyl/N-ethyl adjacent to an activating group) is 1. The summed E-state index contributed by atoms with van der Waals surface area (Å²) >= 11 is 2.00. The summed E-state index contributed by atoms with van der Waals surface area (Å²) in [6.07, 6.45) is 3.71. The zero-order valence-corrected chi connectivity index (χ0v) is 12.3. The molecule has 1 aromatic rings. The normalized spacial score (nSPS) is 16.7. The van der Waals surface area contributed by atoms with Crippen LogP contribution in [0.2, 0.25) is 0 Å². The summed E-state index contributed by atoms with van der Waals surface area (Å²) in [5.41, 5.74) is 8.83. The van der Waals surface area contributed by atoms with Crippen LogP contribution < -0.4 is 5.73 Å². The fourth-order valence-corrected chi connectivity index (χ4v) is 3.49. The zero-order valence-electron chi connectivity index (χ0n) is 11.5. The maximum atomic E-state index is 5.81. The van der Waals surface area contributed by atoms with E-state index >= 15 is 0 Å². The van der Waals surface area contributed by atoms with E-state index in [1.807, 2.05) is 11.8 Å². The number of aryl methyl sites for hydroxylation is 1. The number of hydrogen-bond acceptors (Lipinski definition) is 3. The van der Waals surface area contributed by atoms with Gasteiger partial charge in [0, 0.05) is 24.0 Å². The second-order valence-corrected chi connectivity index (χ2v) is 6.52. The molecule has 2 N–H and O–H groups in total. The monoisotopic (exact) mass is 264 g/mol. The molecule has 2 nitrogen and oxygen atoms in total. The van der Waals surface area contributed by atoms with E-state index < -0.39 is 0 Å². The molecule has 2 rings (SSSR count). The predicted octanol–water partition coefficient (Wildman–Crippen LogP) is 2.55. The third-order valence-electron chi connectivity index (χ3n) is 3.35. The van der Waals surface area contributed by atoms with Crippen LogP contribution in [0.1, 0.15) is 24.5 Å². The van der Waals surface area contributed by atoms with E-state index in [1.165, 1.54) is 29.1 Å². The molecule has 1 heterocycles. The molecular weight excluding hydrogens is 240 g/mol. The van der Waals surface area contributed by atoms with Crippen molar-refractivity contribution in [3.8, 4) is 0 Å². The minimum Gasteiger partial charge on any atom is -0.327 e. The topological polar surface area (TPSA) is 29.3 Å². The van der Waals surface area contributed by atoms with Crippen LogP contribution in [-0.4, -0.2) is 36.8 Å². The standard InChI is InChI=1S/C15H24N2S/c1-12(16)11-17(2)8-7-13-5-6-15-14(10-13)4-3-9-18-15/h5-6,10,12H,3-4,7-9,11,16H2,1-2H3. The second-order valence-electron chi connectivity index (χ2n) is 5.38. The van der Waals surface area contributed by atoms with E-state index in [0.717, 1.165) is 19.5 Å². The molecule has 0 fully saturated rings. The van der Waals surface area contributed by atoms with Gasteiger partial charge in [-0.2, -0.15) is 0 Å². The zero-order chi connectivity index (χ0) is 13.0. The number of nitrogens with zero attached hydrogens (tertiary/aromatic N) is 1. The van der Waals surface area contributed by atoms with E-state index in [2.05, 4.69) is 37.1 Å². The van der Waals surface area contributed by atoms with Crippen molar-refractivity contribution in [2.24, 2.45) is 5.73 Å². The van der Waals surface area contributed by atoms with Crippen LogP contribution in [0.3, 0.4) is 0 Å². The summed E-state index contributed by atoms with van der Waals surface area (Å²) in [6.45, 7) is 4.13. The predicted molar refractivity (Wildman–Crippen MR) is 80.3 cm³/mol. The lowest BCUT2D eigenvalue weighted by Gasteiger charge is -2.20. The Morgan fingerprint density at radius 2 is 2.28 bits per heavy atom. The van der Waals surface area contributed by atoms with Gasteiger partial charge in [-0.15, -0.1) is 11.8 Å². The van der Waals surface area contributed by atoms with Crippen LogP contribution in [0.25, 0.3) is 0 Å². The summed E-state index contributed by atoms with van der Waals surface area (Å²) in [5.74, 6) is 1.28. The minimum atomic E-state index is 0.259. The lowest BCUT2D eigenvalue weighted by molar-refractivity contribution is 0.321. The van der Waals surface area contributed by atoms with Crippen molar-refractivity contribution in [3.63, 3.8) is 0 Å². The van der Waals surface area contributed by atoms with Gasteiger partial charge in [-0.05, 0) is 56.2 Å². The molecule has 0 saturated carbocycles. The Hall–Kier alpha value is -0.510. The Balaban J connectivity index is 1.90. The Kier molecular flexibility index (Phi) is 5.10. The molecule has 3 heteroatoms. The smallest absolute Gasteiger partial charge is 0.0139 e. The van der Waals surface area contributed by atoms with Gasteiger partial charge < -0.3 is 10.6 Å². The van der Waals surface area contributed by atoms with E-state index in [9.17, 15) is 0 Å². The summed E-state index contributed by atoms with van der Waals surface area (Å²) < 4.78 is 0. The molecule has 0 saturated heterocycles. The highest BCUT2D eigenvalue weighted by atomic mass is 32.2. The highest BCUT2D eigenvalue weighted by molar-refractivity contribution is 7.99. The molecule has 100 valence electrons. The number of hydrogen-bond donors (Lipinski definition) is 1.